The Labute approximate surface area is 173 Å². The van der Waals surface area contributed by atoms with Gasteiger partial charge in [0, 0.05) is 44.8 Å². The molecule has 3 rings (SSSR count). The summed E-state index contributed by atoms with van der Waals surface area (Å²) in [7, 11) is 0. The van der Waals surface area contributed by atoms with Crippen LogP contribution in [0.5, 0.6) is 0 Å². The molecular formula is C20H20Cl2FN3O2. The van der Waals surface area contributed by atoms with Crippen LogP contribution in [0, 0.1) is 5.82 Å². The molecule has 5 nitrogen and oxygen atoms in total. The molecule has 8 heteroatoms. The van der Waals surface area contributed by atoms with Crippen molar-refractivity contribution in [2.24, 2.45) is 0 Å². The van der Waals surface area contributed by atoms with E-state index in [-0.39, 0.29) is 34.5 Å². The average molecular weight is 424 g/mol. The first-order valence-corrected chi connectivity index (χ1v) is 9.72. The summed E-state index contributed by atoms with van der Waals surface area (Å²) < 4.78 is 13.5. The maximum Gasteiger partial charge on any atom is 0.252 e. The number of piperazine rings is 1. The number of para-hydroxylation sites is 1. The van der Waals surface area contributed by atoms with Crippen molar-refractivity contribution < 1.29 is 14.0 Å². The van der Waals surface area contributed by atoms with E-state index in [9.17, 15) is 14.0 Å². The fraction of sp³-hybridized carbons (Fsp3) is 0.300. The lowest BCUT2D eigenvalue weighted by atomic mass is 10.2. The molecule has 1 aliphatic rings. The quantitative estimate of drug-likeness (QED) is 0.747. The van der Waals surface area contributed by atoms with Crippen molar-refractivity contribution in [2.45, 2.75) is 6.42 Å². The number of nitrogens with zero attached hydrogens (tertiary/aromatic N) is 2. The third-order valence-corrected chi connectivity index (χ3v) is 5.24. The number of amides is 2. The molecule has 1 aliphatic heterocycles. The molecule has 148 valence electrons. The number of benzene rings is 2. The first-order chi connectivity index (χ1) is 13.5. The summed E-state index contributed by atoms with van der Waals surface area (Å²) in [6, 6.07) is 12.2. The largest absolute Gasteiger partial charge is 0.368 e. The van der Waals surface area contributed by atoms with E-state index in [4.69, 9.17) is 23.2 Å². The summed E-state index contributed by atoms with van der Waals surface area (Å²) in [5.41, 5.74) is 1.14. The monoisotopic (exact) mass is 423 g/mol. The van der Waals surface area contributed by atoms with Gasteiger partial charge in [0.15, 0.2) is 0 Å². The normalized spacial score (nSPS) is 14.1. The van der Waals surface area contributed by atoms with E-state index >= 15 is 0 Å². The van der Waals surface area contributed by atoms with Crippen LogP contribution in [-0.2, 0) is 4.79 Å². The lowest BCUT2D eigenvalue weighted by molar-refractivity contribution is -0.131. The first kappa shape index (κ1) is 20.4. The van der Waals surface area contributed by atoms with Crippen LogP contribution >= 0.6 is 23.2 Å². The number of carbonyl (C=O) groups is 2. The second-order valence-electron chi connectivity index (χ2n) is 6.46. The molecule has 2 aromatic rings. The standard InChI is InChI=1S/C20H20Cl2FN3O2/c21-16-13-17(22)18(23)12-15(16)20(28)24-7-6-19(27)26-10-8-25(9-11-26)14-4-2-1-3-5-14/h1-5,12-13H,6-11H2,(H,24,28). The Morgan fingerprint density at radius 1 is 1.00 bits per heavy atom. The van der Waals surface area contributed by atoms with E-state index < -0.39 is 11.7 Å². The van der Waals surface area contributed by atoms with E-state index in [0.29, 0.717) is 13.1 Å². The molecule has 1 N–H and O–H groups in total. The molecule has 0 radical (unpaired) electrons. The van der Waals surface area contributed by atoms with Crippen molar-refractivity contribution in [3.63, 3.8) is 0 Å². The van der Waals surface area contributed by atoms with Gasteiger partial charge >= 0.3 is 0 Å². The molecule has 2 amide bonds. The van der Waals surface area contributed by atoms with Gasteiger partial charge in [0.25, 0.3) is 5.91 Å². The van der Waals surface area contributed by atoms with Crippen molar-refractivity contribution in [3.8, 4) is 0 Å². The van der Waals surface area contributed by atoms with Crippen LogP contribution in [0.15, 0.2) is 42.5 Å². The number of carbonyl (C=O) groups excluding carboxylic acids is 2. The molecular weight excluding hydrogens is 404 g/mol. The van der Waals surface area contributed by atoms with Gasteiger partial charge in [-0.2, -0.15) is 0 Å². The summed E-state index contributed by atoms with van der Waals surface area (Å²) >= 11 is 11.6. The van der Waals surface area contributed by atoms with Crippen LogP contribution in [0.1, 0.15) is 16.8 Å². The van der Waals surface area contributed by atoms with Gasteiger partial charge in [-0.15, -0.1) is 0 Å². The highest BCUT2D eigenvalue weighted by Gasteiger charge is 2.21. The van der Waals surface area contributed by atoms with Gasteiger partial charge in [0.2, 0.25) is 5.91 Å². The molecule has 1 fully saturated rings. The van der Waals surface area contributed by atoms with E-state index in [2.05, 4.69) is 22.3 Å². The fourth-order valence-corrected chi connectivity index (χ4v) is 3.55. The Balaban J connectivity index is 1.45. The zero-order valence-corrected chi connectivity index (χ0v) is 16.6. The number of hydrogen-bond donors (Lipinski definition) is 1. The smallest absolute Gasteiger partial charge is 0.252 e. The molecule has 0 saturated carbocycles. The van der Waals surface area contributed by atoms with Gasteiger partial charge in [0.1, 0.15) is 5.82 Å². The van der Waals surface area contributed by atoms with E-state index in [1.54, 1.807) is 4.90 Å². The molecule has 1 heterocycles. The number of halogens is 3. The zero-order chi connectivity index (χ0) is 20.1. The van der Waals surface area contributed by atoms with Gasteiger partial charge in [-0.1, -0.05) is 41.4 Å². The Morgan fingerprint density at radius 3 is 2.36 bits per heavy atom. The van der Waals surface area contributed by atoms with E-state index in [1.807, 2.05) is 18.2 Å². The Bertz CT molecular complexity index is 856. The minimum absolute atomic E-state index is 0.00695. The first-order valence-electron chi connectivity index (χ1n) is 8.96. The van der Waals surface area contributed by atoms with Crippen molar-refractivity contribution in [3.05, 3.63) is 63.9 Å². The molecule has 0 aromatic heterocycles. The highest BCUT2D eigenvalue weighted by molar-refractivity contribution is 6.36. The van der Waals surface area contributed by atoms with Crippen LogP contribution in [-0.4, -0.2) is 49.4 Å². The topological polar surface area (TPSA) is 52.7 Å². The van der Waals surface area contributed by atoms with Crippen LogP contribution in [0.25, 0.3) is 0 Å². The van der Waals surface area contributed by atoms with Crippen molar-refractivity contribution in [1.29, 1.82) is 0 Å². The Hall–Kier alpha value is -2.31. The van der Waals surface area contributed by atoms with Crippen LogP contribution in [0.2, 0.25) is 10.0 Å². The van der Waals surface area contributed by atoms with Crippen LogP contribution in [0.3, 0.4) is 0 Å². The summed E-state index contributed by atoms with van der Waals surface area (Å²) in [6.07, 6.45) is 0.171. The predicted octanol–water partition coefficient (Wildman–Crippen LogP) is 3.60. The minimum Gasteiger partial charge on any atom is -0.368 e. The zero-order valence-electron chi connectivity index (χ0n) is 15.1. The number of rotatable bonds is 5. The average Bonchev–Trinajstić information content (AvgIpc) is 2.71. The molecule has 0 atom stereocenters. The Morgan fingerprint density at radius 2 is 1.68 bits per heavy atom. The van der Waals surface area contributed by atoms with Gasteiger partial charge in [0.05, 0.1) is 15.6 Å². The summed E-state index contributed by atoms with van der Waals surface area (Å²) in [5.74, 6) is -1.28. The van der Waals surface area contributed by atoms with Gasteiger partial charge in [-0.3, -0.25) is 9.59 Å². The highest BCUT2D eigenvalue weighted by atomic mass is 35.5. The van der Waals surface area contributed by atoms with Gasteiger partial charge in [-0.05, 0) is 24.3 Å². The minimum atomic E-state index is -0.719. The van der Waals surface area contributed by atoms with Crippen molar-refractivity contribution in [1.82, 2.24) is 10.2 Å². The van der Waals surface area contributed by atoms with Crippen LogP contribution in [0.4, 0.5) is 10.1 Å². The van der Waals surface area contributed by atoms with Gasteiger partial charge < -0.3 is 15.1 Å². The predicted molar refractivity (Wildman–Crippen MR) is 109 cm³/mol. The Kier molecular flexibility index (Phi) is 6.75. The third-order valence-electron chi connectivity index (χ3n) is 4.63. The second kappa shape index (κ2) is 9.26. The molecule has 0 unspecified atom stereocenters. The maximum atomic E-state index is 13.5. The summed E-state index contributed by atoms with van der Waals surface area (Å²) in [6.45, 7) is 2.95. The molecule has 28 heavy (non-hydrogen) atoms. The number of anilines is 1. The molecule has 2 aromatic carbocycles. The highest BCUT2D eigenvalue weighted by Crippen LogP contribution is 2.24. The van der Waals surface area contributed by atoms with Crippen molar-refractivity contribution in [2.75, 3.05) is 37.6 Å². The van der Waals surface area contributed by atoms with Crippen molar-refractivity contribution >= 4 is 40.7 Å². The van der Waals surface area contributed by atoms with Crippen LogP contribution < -0.4 is 10.2 Å². The molecule has 1 saturated heterocycles. The molecule has 0 spiro atoms. The lowest BCUT2D eigenvalue weighted by Crippen LogP contribution is -2.49. The SMILES string of the molecule is O=C(NCCC(=O)N1CCN(c2ccccc2)CC1)c1cc(F)c(Cl)cc1Cl. The second-order valence-corrected chi connectivity index (χ2v) is 7.27. The fourth-order valence-electron chi connectivity index (χ4n) is 3.09. The summed E-state index contributed by atoms with van der Waals surface area (Å²) in [4.78, 5) is 28.6. The van der Waals surface area contributed by atoms with Gasteiger partial charge in [-0.25, -0.2) is 4.39 Å². The number of hydrogen-bond acceptors (Lipinski definition) is 3. The van der Waals surface area contributed by atoms with E-state index in [0.717, 1.165) is 24.8 Å². The summed E-state index contributed by atoms with van der Waals surface area (Å²) in [5, 5.41) is 2.52. The molecule has 0 bridgehead atoms. The molecule has 0 aliphatic carbocycles. The number of nitrogens with one attached hydrogen (secondary N) is 1. The lowest BCUT2D eigenvalue weighted by Gasteiger charge is -2.36. The third kappa shape index (κ3) is 4.94. The maximum absolute atomic E-state index is 13.5. The van der Waals surface area contributed by atoms with E-state index in [1.165, 1.54) is 6.07 Å².